The van der Waals surface area contributed by atoms with Gasteiger partial charge in [0.25, 0.3) is 0 Å². The van der Waals surface area contributed by atoms with E-state index in [2.05, 4.69) is 32.0 Å². The van der Waals surface area contributed by atoms with Crippen LogP contribution in [0, 0.1) is 13.8 Å². The Bertz CT molecular complexity index is 399. The molecule has 16 heavy (non-hydrogen) atoms. The van der Waals surface area contributed by atoms with Crippen LogP contribution in [-0.4, -0.2) is 29.6 Å². The van der Waals surface area contributed by atoms with Gasteiger partial charge >= 0.3 is 0 Å². The smallest absolute Gasteiger partial charge is 0.232 e. The first-order valence-electron chi connectivity index (χ1n) is 5.64. The minimum Gasteiger partial charge on any atom is -0.342 e. The van der Waals surface area contributed by atoms with E-state index in [0.717, 1.165) is 13.1 Å². The SMILES string of the molecule is Cc1ccc(SCC(=O)N2CCC2)c(C)c1. The van der Waals surface area contributed by atoms with Gasteiger partial charge in [-0.1, -0.05) is 17.7 Å². The number of thioether (sulfide) groups is 1. The molecule has 1 aliphatic rings. The second-order valence-corrected chi connectivity index (χ2v) is 5.31. The van der Waals surface area contributed by atoms with Gasteiger partial charge in [-0.25, -0.2) is 0 Å². The highest BCUT2D eigenvalue weighted by Gasteiger charge is 2.19. The molecule has 3 heteroatoms. The van der Waals surface area contributed by atoms with Crippen LogP contribution in [0.1, 0.15) is 17.5 Å². The average molecular weight is 235 g/mol. The summed E-state index contributed by atoms with van der Waals surface area (Å²) in [5.41, 5.74) is 2.54. The first kappa shape index (κ1) is 11.5. The summed E-state index contributed by atoms with van der Waals surface area (Å²) in [6.45, 7) is 6.09. The topological polar surface area (TPSA) is 20.3 Å². The van der Waals surface area contributed by atoms with Gasteiger partial charge in [-0.2, -0.15) is 0 Å². The van der Waals surface area contributed by atoms with Crippen molar-refractivity contribution in [1.29, 1.82) is 0 Å². The molecule has 1 saturated heterocycles. The highest BCUT2D eigenvalue weighted by molar-refractivity contribution is 8.00. The van der Waals surface area contributed by atoms with E-state index >= 15 is 0 Å². The van der Waals surface area contributed by atoms with Crippen molar-refractivity contribution in [3.63, 3.8) is 0 Å². The van der Waals surface area contributed by atoms with Gasteiger partial charge in [-0.3, -0.25) is 4.79 Å². The van der Waals surface area contributed by atoms with E-state index in [1.54, 1.807) is 11.8 Å². The van der Waals surface area contributed by atoms with E-state index in [4.69, 9.17) is 0 Å². The molecule has 0 unspecified atom stereocenters. The maximum atomic E-state index is 11.7. The Morgan fingerprint density at radius 2 is 2.12 bits per heavy atom. The number of carbonyl (C=O) groups is 1. The highest BCUT2D eigenvalue weighted by atomic mass is 32.2. The zero-order chi connectivity index (χ0) is 11.5. The van der Waals surface area contributed by atoms with Crippen LogP contribution in [0.4, 0.5) is 0 Å². The van der Waals surface area contributed by atoms with Crippen molar-refractivity contribution >= 4 is 17.7 Å². The molecule has 0 atom stereocenters. The molecule has 1 aromatic carbocycles. The standard InChI is InChI=1S/C13H17NOS/c1-10-4-5-12(11(2)8-10)16-9-13(15)14-6-3-7-14/h4-5,8H,3,6-7,9H2,1-2H3. The number of aryl methyl sites for hydroxylation is 2. The Kier molecular flexibility index (Phi) is 3.54. The fourth-order valence-corrected chi connectivity index (χ4v) is 2.67. The molecule has 0 saturated carbocycles. The number of nitrogens with zero attached hydrogens (tertiary/aromatic N) is 1. The third-order valence-electron chi connectivity index (χ3n) is 2.89. The minimum absolute atomic E-state index is 0.274. The van der Waals surface area contributed by atoms with Gasteiger partial charge in [0.2, 0.25) is 5.91 Å². The Morgan fingerprint density at radius 1 is 1.38 bits per heavy atom. The van der Waals surface area contributed by atoms with Gasteiger partial charge in [0.05, 0.1) is 5.75 Å². The number of benzene rings is 1. The monoisotopic (exact) mass is 235 g/mol. The van der Waals surface area contributed by atoms with Gasteiger partial charge < -0.3 is 4.90 Å². The Labute approximate surface area is 101 Å². The van der Waals surface area contributed by atoms with E-state index in [-0.39, 0.29) is 5.91 Å². The molecule has 2 nitrogen and oxygen atoms in total. The highest BCUT2D eigenvalue weighted by Crippen LogP contribution is 2.24. The summed E-state index contributed by atoms with van der Waals surface area (Å²) in [4.78, 5) is 14.8. The lowest BCUT2D eigenvalue weighted by Gasteiger charge is -2.30. The fourth-order valence-electron chi connectivity index (χ4n) is 1.76. The molecule has 0 bridgehead atoms. The zero-order valence-electron chi connectivity index (χ0n) is 9.82. The van der Waals surface area contributed by atoms with Gasteiger partial charge in [0.1, 0.15) is 0 Å². The molecule has 0 N–H and O–H groups in total. The molecular weight excluding hydrogens is 218 g/mol. The van der Waals surface area contributed by atoms with Crippen molar-refractivity contribution in [2.24, 2.45) is 0 Å². The Hall–Kier alpha value is -0.960. The zero-order valence-corrected chi connectivity index (χ0v) is 10.6. The molecule has 2 rings (SSSR count). The van der Waals surface area contributed by atoms with Crippen molar-refractivity contribution in [3.05, 3.63) is 29.3 Å². The second kappa shape index (κ2) is 4.91. The minimum atomic E-state index is 0.274. The van der Waals surface area contributed by atoms with Crippen molar-refractivity contribution in [2.45, 2.75) is 25.2 Å². The van der Waals surface area contributed by atoms with Crippen molar-refractivity contribution in [2.75, 3.05) is 18.8 Å². The molecule has 1 aromatic rings. The van der Waals surface area contributed by atoms with Crippen LogP contribution in [0.15, 0.2) is 23.1 Å². The maximum absolute atomic E-state index is 11.7. The number of amides is 1. The van der Waals surface area contributed by atoms with Crippen LogP contribution < -0.4 is 0 Å². The molecule has 0 spiro atoms. The molecule has 0 aliphatic carbocycles. The first-order valence-corrected chi connectivity index (χ1v) is 6.63. The largest absolute Gasteiger partial charge is 0.342 e. The summed E-state index contributed by atoms with van der Waals surface area (Å²) in [6, 6.07) is 6.37. The number of hydrogen-bond donors (Lipinski definition) is 0. The lowest BCUT2D eigenvalue weighted by Crippen LogP contribution is -2.43. The first-order chi connectivity index (χ1) is 7.66. The van der Waals surface area contributed by atoms with Crippen LogP contribution in [-0.2, 0) is 4.79 Å². The summed E-state index contributed by atoms with van der Waals surface area (Å²) in [5.74, 6) is 0.848. The predicted octanol–water partition coefficient (Wildman–Crippen LogP) is 2.63. The summed E-state index contributed by atoms with van der Waals surface area (Å²) in [5, 5.41) is 0. The van der Waals surface area contributed by atoms with Gasteiger partial charge in [-0.05, 0) is 31.9 Å². The summed E-state index contributed by atoms with van der Waals surface area (Å²) < 4.78 is 0. The third-order valence-corrected chi connectivity index (χ3v) is 4.05. The molecule has 86 valence electrons. The summed E-state index contributed by atoms with van der Waals surface area (Å²) >= 11 is 1.65. The van der Waals surface area contributed by atoms with Crippen molar-refractivity contribution in [3.8, 4) is 0 Å². The third kappa shape index (κ3) is 2.59. The number of likely N-dealkylation sites (tertiary alicyclic amines) is 1. The fraction of sp³-hybridized carbons (Fsp3) is 0.462. The molecular formula is C13H17NOS. The lowest BCUT2D eigenvalue weighted by atomic mass is 10.2. The lowest BCUT2D eigenvalue weighted by molar-refractivity contribution is -0.131. The van der Waals surface area contributed by atoms with Crippen LogP contribution in [0.3, 0.4) is 0 Å². The molecule has 1 aliphatic heterocycles. The molecule has 1 heterocycles. The predicted molar refractivity (Wildman–Crippen MR) is 67.8 cm³/mol. The average Bonchev–Trinajstić information content (AvgIpc) is 2.13. The van der Waals surface area contributed by atoms with Crippen LogP contribution >= 0.6 is 11.8 Å². The van der Waals surface area contributed by atoms with E-state index in [1.807, 2.05) is 4.90 Å². The van der Waals surface area contributed by atoms with Gasteiger partial charge in [0.15, 0.2) is 0 Å². The van der Waals surface area contributed by atoms with Crippen molar-refractivity contribution < 1.29 is 4.79 Å². The quantitative estimate of drug-likeness (QED) is 0.751. The Balaban J connectivity index is 1.91. The molecule has 1 fully saturated rings. The van der Waals surface area contributed by atoms with Gasteiger partial charge in [-0.15, -0.1) is 11.8 Å². The maximum Gasteiger partial charge on any atom is 0.232 e. The summed E-state index contributed by atoms with van der Waals surface area (Å²) in [7, 11) is 0. The molecule has 0 aromatic heterocycles. The van der Waals surface area contributed by atoms with E-state index in [1.165, 1.54) is 22.4 Å². The number of hydrogen-bond acceptors (Lipinski definition) is 2. The molecule has 0 radical (unpaired) electrons. The summed E-state index contributed by atoms with van der Waals surface area (Å²) in [6.07, 6.45) is 1.17. The molecule has 1 amide bonds. The van der Waals surface area contributed by atoms with E-state index in [0.29, 0.717) is 5.75 Å². The van der Waals surface area contributed by atoms with Gasteiger partial charge in [0, 0.05) is 18.0 Å². The van der Waals surface area contributed by atoms with E-state index < -0.39 is 0 Å². The second-order valence-electron chi connectivity index (χ2n) is 4.29. The Morgan fingerprint density at radius 3 is 2.69 bits per heavy atom. The number of carbonyl (C=O) groups excluding carboxylic acids is 1. The van der Waals surface area contributed by atoms with E-state index in [9.17, 15) is 4.79 Å². The number of rotatable bonds is 3. The van der Waals surface area contributed by atoms with Crippen LogP contribution in [0.25, 0.3) is 0 Å². The van der Waals surface area contributed by atoms with Crippen LogP contribution in [0.5, 0.6) is 0 Å². The normalized spacial score (nSPS) is 14.8. The van der Waals surface area contributed by atoms with Crippen molar-refractivity contribution in [1.82, 2.24) is 4.90 Å². The van der Waals surface area contributed by atoms with Crippen LogP contribution in [0.2, 0.25) is 0 Å².